The van der Waals surface area contributed by atoms with Crippen molar-refractivity contribution in [2.75, 3.05) is 44.8 Å². The Morgan fingerprint density at radius 3 is 2.89 bits per heavy atom. The normalized spacial score (nSPS) is 16.2. The Balaban J connectivity index is 1.94. The lowest BCUT2D eigenvalue weighted by Gasteiger charge is -2.28. The molecule has 0 spiro atoms. The van der Waals surface area contributed by atoms with Crippen molar-refractivity contribution < 1.29 is 4.74 Å². The summed E-state index contributed by atoms with van der Waals surface area (Å²) in [5, 5.41) is 3.34. The highest BCUT2D eigenvalue weighted by atomic mass is 16.5. The molecule has 0 saturated carbocycles. The van der Waals surface area contributed by atoms with Crippen LogP contribution >= 0.6 is 0 Å². The minimum absolute atomic E-state index is 0.651. The van der Waals surface area contributed by atoms with Gasteiger partial charge < -0.3 is 19.5 Å². The summed E-state index contributed by atoms with van der Waals surface area (Å²) in [6.07, 6.45) is 3.43. The Hall–Kier alpha value is -1.73. The van der Waals surface area contributed by atoms with Crippen LogP contribution in [0.1, 0.15) is 0 Å². The van der Waals surface area contributed by atoms with E-state index < -0.39 is 0 Å². The molecule has 0 aliphatic carbocycles. The molecule has 3 rings (SSSR count). The van der Waals surface area contributed by atoms with Gasteiger partial charge in [-0.15, -0.1) is 0 Å². The maximum Gasteiger partial charge on any atom is 0.165 e. The van der Waals surface area contributed by atoms with Crippen LogP contribution in [0, 0.1) is 0 Å². The first-order valence-electron chi connectivity index (χ1n) is 6.50. The molecule has 19 heavy (non-hydrogen) atoms. The number of hydrogen-bond donors (Lipinski definition) is 1. The van der Waals surface area contributed by atoms with Gasteiger partial charge in [-0.2, -0.15) is 0 Å². The van der Waals surface area contributed by atoms with E-state index in [4.69, 9.17) is 4.74 Å². The molecule has 102 valence electrons. The van der Waals surface area contributed by atoms with Crippen LogP contribution < -0.4 is 10.2 Å². The molecule has 0 amide bonds. The van der Waals surface area contributed by atoms with Crippen molar-refractivity contribution in [3.8, 4) is 0 Å². The van der Waals surface area contributed by atoms with Crippen molar-refractivity contribution in [2.45, 2.75) is 6.54 Å². The third-order valence-corrected chi connectivity index (χ3v) is 3.33. The van der Waals surface area contributed by atoms with E-state index in [1.54, 1.807) is 13.4 Å². The van der Waals surface area contributed by atoms with Gasteiger partial charge in [-0.1, -0.05) is 0 Å². The second-order valence-corrected chi connectivity index (χ2v) is 4.54. The number of aromatic nitrogens is 4. The predicted molar refractivity (Wildman–Crippen MR) is 72.3 cm³/mol. The quantitative estimate of drug-likeness (QED) is 0.828. The van der Waals surface area contributed by atoms with Crippen molar-refractivity contribution in [3.63, 3.8) is 0 Å². The van der Waals surface area contributed by atoms with E-state index >= 15 is 0 Å². The van der Waals surface area contributed by atoms with Gasteiger partial charge in [-0.3, -0.25) is 0 Å². The van der Waals surface area contributed by atoms with Crippen molar-refractivity contribution in [1.82, 2.24) is 24.8 Å². The van der Waals surface area contributed by atoms with E-state index in [-0.39, 0.29) is 0 Å². The molecule has 1 N–H and O–H groups in total. The molecular formula is C12H18N6O. The molecule has 1 fully saturated rings. The summed E-state index contributed by atoms with van der Waals surface area (Å²) in [4.78, 5) is 15.5. The van der Waals surface area contributed by atoms with Crippen LogP contribution in [0.25, 0.3) is 11.2 Å². The molecule has 0 aromatic carbocycles. The second-order valence-electron chi connectivity index (χ2n) is 4.54. The number of rotatable bonds is 4. The second kappa shape index (κ2) is 5.50. The highest BCUT2D eigenvalue weighted by molar-refractivity contribution is 5.83. The maximum atomic E-state index is 5.10. The van der Waals surface area contributed by atoms with Gasteiger partial charge in [0.05, 0.1) is 12.9 Å². The lowest BCUT2D eigenvalue weighted by atomic mass is 10.3. The number of piperazine rings is 1. The fourth-order valence-electron chi connectivity index (χ4n) is 2.33. The molecule has 0 unspecified atom stereocenters. The van der Waals surface area contributed by atoms with Gasteiger partial charge in [-0.25, -0.2) is 15.0 Å². The molecule has 2 aromatic rings. The minimum atomic E-state index is 0.651. The number of anilines is 1. The average molecular weight is 262 g/mol. The Morgan fingerprint density at radius 2 is 2.11 bits per heavy atom. The molecule has 2 aromatic heterocycles. The largest absolute Gasteiger partial charge is 0.383 e. The Labute approximate surface area is 111 Å². The molecule has 7 heteroatoms. The first-order valence-corrected chi connectivity index (χ1v) is 6.50. The maximum absolute atomic E-state index is 5.10. The van der Waals surface area contributed by atoms with E-state index in [1.807, 2.05) is 10.9 Å². The highest BCUT2D eigenvalue weighted by Gasteiger charge is 2.17. The highest BCUT2D eigenvalue weighted by Crippen LogP contribution is 2.21. The number of imidazole rings is 1. The minimum Gasteiger partial charge on any atom is -0.383 e. The van der Waals surface area contributed by atoms with Gasteiger partial charge in [0.15, 0.2) is 17.0 Å². The van der Waals surface area contributed by atoms with E-state index in [0.29, 0.717) is 6.61 Å². The van der Waals surface area contributed by atoms with Crippen molar-refractivity contribution in [3.05, 3.63) is 12.7 Å². The third-order valence-electron chi connectivity index (χ3n) is 3.33. The summed E-state index contributed by atoms with van der Waals surface area (Å²) in [7, 11) is 1.69. The number of hydrogen-bond acceptors (Lipinski definition) is 6. The van der Waals surface area contributed by atoms with Gasteiger partial charge in [0, 0.05) is 39.8 Å². The smallest absolute Gasteiger partial charge is 0.165 e. The van der Waals surface area contributed by atoms with Crippen LogP contribution in [0.15, 0.2) is 12.7 Å². The lowest BCUT2D eigenvalue weighted by molar-refractivity contribution is 0.188. The molecular weight excluding hydrogens is 244 g/mol. The SMILES string of the molecule is COCCn1cnc2c(N3CCNCC3)ncnc21. The third kappa shape index (κ3) is 2.39. The van der Waals surface area contributed by atoms with Gasteiger partial charge >= 0.3 is 0 Å². The Kier molecular flexibility index (Phi) is 3.56. The first-order chi connectivity index (χ1) is 9.40. The molecule has 7 nitrogen and oxygen atoms in total. The van der Waals surface area contributed by atoms with Gasteiger partial charge in [-0.05, 0) is 0 Å². The number of nitrogens with zero attached hydrogens (tertiary/aromatic N) is 5. The first kappa shape index (κ1) is 12.3. The Bertz CT molecular complexity index is 548. The van der Waals surface area contributed by atoms with Gasteiger partial charge in [0.25, 0.3) is 0 Å². The molecule has 1 saturated heterocycles. The molecule has 3 heterocycles. The van der Waals surface area contributed by atoms with Gasteiger partial charge in [0.2, 0.25) is 0 Å². The fourth-order valence-corrected chi connectivity index (χ4v) is 2.33. The Morgan fingerprint density at radius 1 is 1.26 bits per heavy atom. The van der Waals surface area contributed by atoms with E-state index in [9.17, 15) is 0 Å². The standard InChI is InChI=1S/C12H18N6O/c1-19-7-6-18-9-16-10-11(14-8-15-12(10)18)17-4-2-13-3-5-17/h8-9,13H,2-7H2,1H3. The topological polar surface area (TPSA) is 68.1 Å². The zero-order valence-corrected chi connectivity index (χ0v) is 11.0. The molecule has 1 aliphatic rings. The summed E-state index contributed by atoms with van der Waals surface area (Å²) < 4.78 is 7.11. The van der Waals surface area contributed by atoms with E-state index in [0.717, 1.165) is 49.7 Å². The van der Waals surface area contributed by atoms with Crippen LogP contribution in [0.2, 0.25) is 0 Å². The number of methoxy groups -OCH3 is 1. The fraction of sp³-hybridized carbons (Fsp3) is 0.583. The predicted octanol–water partition coefficient (Wildman–Crippen LogP) is -0.118. The summed E-state index contributed by atoms with van der Waals surface area (Å²) in [5.74, 6) is 0.933. The summed E-state index contributed by atoms with van der Waals surface area (Å²) >= 11 is 0. The van der Waals surface area contributed by atoms with Crippen molar-refractivity contribution in [1.29, 1.82) is 0 Å². The van der Waals surface area contributed by atoms with Crippen LogP contribution in [-0.2, 0) is 11.3 Å². The molecule has 0 radical (unpaired) electrons. The van der Waals surface area contributed by atoms with Crippen molar-refractivity contribution >= 4 is 17.0 Å². The lowest BCUT2D eigenvalue weighted by Crippen LogP contribution is -2.44. The van der Waals surface area contributed by atoms with Crippen molar-refractivity contribution in [2.24, 2.45) is 0 Å². The molecule has 0 bridgehead atoms. The van der Waals surface area contributed by atoms with Crippen LogP contribution in [0.3, 0.4) is 0 Å². The zero-order valence-electron chi connectivity index (χ0n) is 11.0. The van der Waals surface area contributed by atoms with E-state index in [2.05, 4.69) is 25.2 Å². The van der Waals surface area contributed by atoms with Crippen LogP contribution in [-0.4, -0.2) is 59.4 Å². The number of ether oxygens (including phenoxy) is 1. The monoisotopic (exact) mass is 262 g/mol. The number of nitrogens with one attached hydrogen (secondary N) is 1. The van der Waals surface area contributed by atoms with Crippen LogP contribution in [0.4, 0.5) is 5.82 Å². The number of fused-ring (bicyclic) bond motifs is 1. The summed E-state index contributed by atoms with van der Waals surface area (Å²) in [6, 6.07) is 0. The molecule has 1 aliphatic heterocycles. The summed E-state index contributed by atoms with van der Waals surface area (Å²) in [6.45, 7) is 5.28. The van der Waals surface area contributed by atoms with Gasteiger partial charge in [0.1, 0.15) is 6.33 Å². The van der Waals surface area contributed by atoms with Crippen LogP contribution in [0.5, 0.6) is 0 Å². The summed E-state index contributed by atoms with van der Waals surface area (Å²) in [5.41, 5.74) is 1.75. The molecule has 0 atom stereocenters. The van der Waals surface area contributed by atoms with E-state index in [1.165, 1.54) is 0 Å². The zero-order chi connectivity index (χ0) is 13.1. The average Bonchev–Trinajstić information content (AvgIpc) is 2.89.